The normalized spacial score (nSPS) is 14.0. The summed E-state index contributed by atoms with van der Waals surface area (Å²) in [5.74, 6) is 2.64. The van der Waals surface area contributed by atoms with Crippen LogP contribution in [-0.2, 0) is 12.8 Å². The van der Waals surface area contributed by atoms with E-state index in [0.717, 1.165) is 30.0 Å². The molecule has 4 aromatic rings. The fourth-order valence-electron chi connectivity index (χ4n) is 3.90. The average Bonchev–Trinajstić information content (AvgIpc) is 3.53. The van der Waals surface area contributed by atoms with Crippen molar-refractivity contribution in [2.75, 3.05) is 7.11 Å². The van der Waals surface area contributed by atoms with Crippen molar-refractivity contribution in [3.8, 4) is 28.7 Å². The number of hydrogen-bond donors (Lipinski definition) is 0. The van der Waals surface area contributed by atoms with Crippen molar-refractivity contribution in [1.29, 1.82) is 0 Å². The van der Waals surface area contributed by atoms with E-state index >= 15 is 0 Å². The maximum absolute atomic E-state index is 5.68. The van der Waals surface area contributed by atoms with Crippen LogP contribution in [0.15, 0.2) is 53.4 Å². The maximum Gasteiger partial charge on any atom is 0.249 e. The summed E-state index contributed by atoms with van der Waals surface area (Å²) in [6.07, 6.45) is 8.81. The average molecular weight is 387 g/mol. The largest absolute Gasteiger partial charge is 0.496 e. The topological polar surface area (TPSA) is 78.9 Å². The molecule has 0 saturated heterocycles. The van der Waals surface area contributed by atoms with E-state index in [1.807, 2.05) is 35.9 Å². The number of hydrogen-bond acceptors (Lipinski definition) is 6. The fraction of sp³-hybridized carbons (Fsp3) is 0.273. The molecule has 0 saturated carbocycles. The number of aryl methyl sites for hydroxylation is 2. The third-order valence-electron chi connectivity index (χ3n) is 5.43. The van der Waals surface area contributed by atoms with Gasteiger partial charge in [-0.1, -0.05) is 11.2 Å². The molecule has 146 valence electrons. The predicted octanol–water partition coefficient (Wildman–Crippen LogP) is 4.10. The number of benzene rings is 1. The predicted molar refractivity (Wildman–Crippen MR) is 108 cm³/mol. The zero-order chi connectivity index (χ0) is 19.8. The van der Waals surface area contributed by atoms with Crippen LogP contribution < -0.4 is 4.74 Å². The van der Waals surface area contributed by atoms with Gasteiger partial charge in [0, 0.05) is 18.6 Å². The second-order valence-electron chi connectivity index (χ2n) is 7.18. The van der Waals surface area contributed by atoms with E-state index in [0.29, 0.717) is 17.4 Å². The molecule has 0 bridgehead atoms. The molecular weight excluding hydrogens is 366 g/mol. The monoisotopic (exact) mass is 387 g/mol. The van der Waals surface area contributed by atoms with Gasteiger partial charge in [-0.25, -0.2) is 4.98 Å². The Balaban J connectivity index is 1.52. The molecule has 1 aliphatic carbocycles. The first-order valence-electron chi connectivity index (χ1n) is 9.72. The number of methoxy groups -OCH3 is 1. The Hall–Kier alpha value is -3.48. The third-order valence-corrected chi connectivity index (χ3v) is 5.43. The van der Waals surface area contributed by atoms with Gasteiger partial charge >= 0.3 is 0 Å². The molecule has 0 aliphatic heterocycles. The van der Waals surface area contributed by atoms with Crippen molar-refractivity contribution in [3.63, 3.8) is 0 Å². The van der Waals surface area contributed by atoms with Gasteiger partial charge in [0.1, 0.15) is 23.3 Å². The molecule has 7 nitrogen and oxygen atoms in total. The highest BCUT2D eigenvalue weighted by Gasteiger charge is 2.23. The zero-order valence-electron chi connectivity index (χ0n) is 16.4. The highest BCUT2D eigenvalue weighted by molar-refractivity contribution is 5.68. The number of nitrogens with zero attached hydrogens (tertiary/aromatic N) is 5. The van der Waals surface area contributed by atoms with E-state index in [2.05, 4.69) is 32.2 Å². The van der Waals surface area contributed by atoms with Crippen LogP contribution >= 0.6 is 0 Å². The van der Waals surface area contributed by atoms with E-state index < -0.39 is 0 Å². The van der Waals surface area contributed by atoms with E-state index in [-0.39, 0.29) is 6.04 Å². The summed E-state index contributed by atoms with van der Waals surface area (Å²) in [5.41, 5.74) is 4.40. The summed E-state index contributed by atoms with van der Waals surface area (Å²) in [6, 6.07) is 9.78. The third kappa shape index (κ3) is 3.08. The van der Waals surface area contributed by atoms with Gasteiger partial charge in [-0.2, -0.15) is 4.98 Å². The van der Waals surface area contributed by atoms with Crippen LogP contribution in [-0.4, -0.2) is 31.8 Å². The Morgan fingerprint density at radius 2 is 1.97 bits per heavy atom. The van der Waals surface area contributed by atoms with Gasteiger partial charge in [0.05, 0.1) is 12.7 Å². The summed E-state index contributed by atoms with van der Waals surface area (Å²) < 4.78 is 13.3. The number of fused-ring (bicyclic) bond motifs is 1. The molecule has 0 amide bonds. The molecule has 0 fully saturated rings. The first-order valence-corrected chi connectivity index (χ1v) is 9.72. The Morgan fingerprint density at radius 3 is 2.76 bits per heavy atom. The Morgan fingerprint density at radius 1 is 1.10 bits per heavy atom. The molecule has 0 N–H and O–H groups in total. The number of rotatable bonds is 5. The van der Waals surface area contributed by atoms with Gasteiger partial charge in [0.2, 0.25) is 11.7 Å². The van der Waals surface area contributed by atoms with Crippen molar-refractivity contribution < 1.29 is 9.26 Å². The van der Waals surface area contributed by atoms with E-state index in [9.17, 15) is 0 Å². The van der Waals surface area contributed by atoms with Crippen molar-refractivity contribution in [2.24, 2.45) is 0 Å². The lowest BCUT2D eigenvalue weighted by molar-refractivity contribution is 0.346. The molecular formula is C22H21N5O2. The van der Waals surface area contributed by atoms with Crippen LogP contribution in [0, 0.1) is 0 Å². The summed E-state index contributed by atoms with van der Waals surface area (Å²) in [4.78, 5) is 13.4. The first-order chi connectivity index (χ1) is 14.2. The molecule has 3 aromatic heterocycles. The maximum atomic E-state index is 5.68. The lowest BCUT2D eigenvalue weighted by atomic mass is 10.0. The minimum atomic E-state index is -0.185. The zero-order valence-corrected chi connectivity index (χ0v) is 16.4. The first kappa shape index (κ1) is 17.6. The summed E-state index contributed by atoms with van der Waals surface area (Å²) >= 11 is 0. The minimum Gasteiger partial charge on any atom is -0.496 e. The Bertz CT molecular complexity index is 1150. The van der Waals surface area contributed by atoms with Crippen molar-refractivity contribution in [1.82, 2.24) is 24.7 Å². The number of aromatic nitrogens is 5. The highest BCUT2D eigenvalue weighted by Crippen LogP contribution is 2.37. The van der Waals surface area contributed by atoms with Gasteiger partial charge in [-0.15, -0.1) is 0 Å². The quantitative estimate of drug-likeness (QED) is 0.513. The summed E-state index contributed by atoms with van der Waals surface area (Å²) in [5, 5.41) is 4.09. The minimum absolute atomic E-state index is 0.185. The molecule has 1 atom stereocenters. The number of imidazole rings is 1. The standard InChI is InChI=1S/C22H21N5O2/c1-14(22-25-20(26-29-22)18-8-3-4-9-23-18)27-11-10-24-21(27)17-12-15-6-5-7-16(15)13-19(17)28-2/h3-4,8-14H,5-7H2,1-2H3/t14-/m0/s1. The molecule has 0 radical (unpaired) electrons. The lowest BCUT2D eigenvalue weighted by Gasteiger charge is -2.16. The smallest absolute Gasteiger partial charge is 0.249 e. The van der Waals surface area contributed by atoms with Gasteiger partial charge in [-0.05, 0) is 61.6 Å². The Labute approximate surface area is 168 Å². The van der Waals surface area contributed by atoms with E-state index in [1.165, 1.54) is 17.5 Å². The lowest BCUT2D eigenvalue weighted by Crippen LogP contribution is -2.09. The van der Waals surface area contributed by atoms with Crippen molar-refractivity contribution >= 4 is 0 Å². The van der Waals surface area contributed by atoms with Crippen LogP contribution in [0.2, 0.25) is 0 Å². The van der Waals surface area contributed by atoms with Crippen LogP contribution in [0.3, 0.4) is 0 Å². The van der Waals surface area contributed by atoms with Crippen LogP contribution in [0.4, 0.5) is 0 Å². The molecule has 1 aliphatic rings. The molecule has 29 heavy (non-hydrogen) atoms. The van der Waals surface area contributed by atoms with Gasteiger partial charge < -0.3 is 13.8 Å². The number of ether oxygens (including phenoxy) is 1. The molecule has 7 heteroatoms. The molecule has 3 heterocycles. The Kier molecular flexibility index (Phi) is 4.35. The van der Waals surface area contributed by atoms with Crippen molar-refractivity contribution in [3.05, 3.63) is 65.9 Å². The van der Waals surface area contributed by atoms with Gasteiger partial charge in [-0.3, -0.25) is 4.98 Å². The molecule has 5 rings (SSSR count). The molecule has 0 spiro atoms. The number of pyridine rings is 1. The fourth-order valence-corrected chi connectivity index (χ4v) is 3.90. The van der Waals surface area contributed by atoms with Gasteiger partial charge in [0.15, 0.2) is 0 Å². The van der Waals surface area contributed by atoms with E-state index in [4.69, 9.17) is 9.26 Å². The van der Waals surface area contributed by atoms with Gasteiger partial charge in [0.25, 0.3) is 0 Å². The van der Waals surface area contributed by atoms with Crippen LogP contribution in [0.1, 0.15) is 36.4 Å². The highest BCUT2D eigenvalue weighted by atomic mass is 16.5. The second-order valence-corrected chi connectivity index (χ2v) is 7.18. The molecule has 0 unspecified atom stereocenters. The second kappa shape index (κ2) is 7.16. The summed E-state index contributed by atoms with van der Waals surface area (Å²) in [6.45, 7) is 2.01. The molecule has 1 aromatic carbocycles. The van der Waals surface area contributed by atoms with Crippen LogP contribution in [0.5, 0.6) is 5.75 Å². The summed E-state index contributed by atoms with van der Waals surface area (Å²) in [7, 11) is 1.70. The van der Waals surface area contributed by atoms with Crippen LogP contribution in [0.25, 0.3) is 22.9 Å². The van der Waals surface area contributed by atoms with Crippen molar-refractivity contribution in [2.45, 2.75) is 32.2 Å². The van der Waals surface area contributed by atoms with E-state index in [1.54, 1.807) is 19.5 Å². The SMILES string of the molecule is COc1cc2c(cc1-c1nccn1[C@@H](C)c1nc(-c3ccccn3)no1)CCC2.